The number of hydrogen-bond acceptors (Lipinski definition) is 4. The van der Waals surface area contributed by atoms with Crippen molar-refractivity contribution in [1.82, 2.24) is 10.2 Å². The minimum absolute atomic E-state index is 0.197. The van der Waals surface area contributed by atoms with Gasteiger partial charge in [0.25, 0.3) is 5.91 Å². The molecule has 4 nitrogen and oxygen atoms in total. The molecule has 0 saturated carbocycles. The number of fused-ring (bicyclic) bond motifs is 1. The number of carbonyl (C=O) groups is 1. The van der Waals surface area contributed by atoms with Crippen molar-refractivity contribution in [3.8, 4) is 5.75 Å². The van der Waals surface area contributed by atoms with Gasteiger partial charge in [-0.05, 0) is 50.0 Å². The number of benzene rings is 2. The summed E-state index contributed by atoms with van der Waals surface area (Å²) in [7, 11) is 4.00. The van der Waals surface area contributed by atoms with E-state index in [0.717, 1.165) is 22.6 Å². The highest BCUT2D eigenvalue weighted by atomic mass is 32.1. The maximum absolute atomic E-state index is 13.7. The van der Waals surface area contributed by atoms with Gasteiger partial charge in [0, 0.05) is 23.2 Å². The summed E-state index contributed by atoms with van der Waals surface area (Å²) in [6.07, 6.45) is 0. The summed E-state index contributed by atoms with van der Waals surface area (Å²) in [5, 5.41) is 3.36. The Morgan fingerprint density at radius 2 is 1.96 bits per heavy atom. The van der Waals surface area contributed by atoms with Crippen LogP contribution in [0, 0.1) is 5.82 Å². The molecule has 0 aliphatic carbocycles. The van der Waals surface area contributed by atoms with Crippen molar-refractivity contribution in [2.24, 2.45) is 0 Å². The van der Waals surface area contributed by atoms with Gasteiger partial charge in [0.1, 0.15) is 18.2 Å². The molecule has 1 aromatic heterocycles. The highest BCUT2D eigenvalue weighted by molar-refractivity contribution is 7.20. The highest BCUT2D eigenvalue weighted by Crippen LogP contribution is 2.27. The lowest BCUT2D eigenvalue weighted by molar-refractivity contribution is 0.0955. The van der Waals surface area contributed by atoms with Gasteiger partial charge in [-0.1, -0.05) is 18.2 Å². The maximum Gasteiger partial charge on any atom is 0.261 e. The van der Waals surface area contributed by atoms with Crippen molar-refractivity contribution in [2.75, 3.05) is 27.2 Å². The molecule has 0 spiro atoms. The fourth-order valence-electron chi connectivity index (χ4n) is 2.46. The van der Waals surface area contributed by atoms with Gasteiger partial charge in [-0.3, -0.25) is 4.79 Å². The Balaban J connectivity index is 1.56. The molecule has 26 heavy (non-hydrogen) atoms. The van der Waals surface area contributed by atoms with Gasteiger partial charge in [0.05, 0.1) is 4.88 Å². The molecule has 1 heterocycles. The van der Waals surface area contributed by atoms with Crippen LogP contribution in [0.4, 0.5) is 4.39 Å². The molecule has 0 unspecified atom stereocenters. The average molecular weight is 372 g/mol. The third-order valence-corrected chi connectivity index (χ3v) is 5.01. The van der Waals surface area contributed by atoms with E-state index in [1.54, 1.807) is 12.1 Å². The quantitative estimate of drug-likeness (QED) is 0.684. The molecule has 0 saturated heterocycles. The van der Waals surface area contributed by atoms with Gasteiger partial charge in [-0.2, -0.15) is 0 Å². The zero-order chi connectivity index (χ0) is 18.5. The lowest BCUT2D eigenvalue weighted by Crippen LogP contribution is -2.21. The van der Waals surface area contributed by atoms with Crippen LogP contribution in [-0.4, -0.2) is 38.1 Å². The van der Waals surface area contributed by atoms with Gasteiger partial charge >= 0.3 is 0 Å². The Bertz CT molecular complexity index is 890. The number of likely N-dealkylation sites (N-methyl/N-ethyl adjacent to an activating group) is 1. The number of thiophene rings is 1. The van der Waals surface area contributed by atoms with Gasteiger partial charge < -0.3 is 15.0 Å². The summed E-state index contributed by atoms with van der Waals surface area (Å²) in [5.74, 6) is 0.307. The summed E-state index contributed by atoms with van der Waals surface area (Å²) in [4.78, 5) is 14.9. The fraction of sp³-hybridized carbons (Fsp3) is 0.250. The molecular formula is C20H21FN2O2S. The number of halogens is 1. The molecule has 6 heteroatoms. The SMILES string of the molecule is CN(C)CCOc1ccc(CNC(=O)c2cc3c(F)cccc3s2)cc1. The number of hydrogen-bond donors (Lipinski definition) is 1. The number of rotatable bonds is 7. The van der Waals surface area contributed by atoms with Crippen LogP contribution in [0.2, 0.25) is 0 Å². The van der Waals surface area contributed by atoms with E-state index in [1.807, 2.05) is 44.4 Å². The van der Waals surface area contributed by atoms with Crippen molar-refractivity contribution in [3.63, 3.8) is 0 Å². The van der Waals surface area contributed by atoms with Crippen LogP contribution in [0.5, 0.6) is 5.75 Å². The lowest BCUT2D eigenvalue weighted by atomic mass is 10.2. The van der Waals surface area contributed by atoms with Crippen LogP contribution in [0.25, 0.3) is 10.1 Å². The van der Waals surface area contributed by atoms with Crippen molar-refractivity contribution in [3.05, 3.63) is 64.8 Å². The van der Waals surface area contributed by atoms with E-state index in [0.29, 0.717) is 23.4 Å². The molecule has 2 aromatic carbocycles. The number of nitrogens with zero attached hydrogens (tertiary/aromatic N) is 1. The van der Waals surface area contributed by atoms with Gasteiger partial charge in [-0.25, -0.2) is 4.39 Å². The molecule has 0 aliphatic rings. The second kappa shape index (κ2) is 8.29. The third-order valence-electron chi connectivity index (χ3n) is 3.92. The summed E-state index contributed by atoms with van der Waals surface area (Å²) in [6.45, 7) is 1.90. The molecule has 3 aromatic rings. The molecule has 3 rings (SSSR count). The number of carbonyl (C=O) groups excluding carboxylic acids is 1. The Morgan fingerprint density at radius 1 is 1.19 bits per heavy atom. The second-order valence-corrected chi connectivity index (χ2v) is 7.32. The minimum Gasteiger partial charge on any atom is -0.492 e. The zero-order valence-corrected chi connectivity index (χ0v) is 15.6. The van der Waals surface area contributed by atoms with Gasteiger partial charge in [0.2, 0.25) is 0 Å². The third kappa shape index (κ3) is 4.59. The van der Waals surface area contributed by atoms with Crippen molar-refractivity contribution < 1.29 is 13.9 Å². The minimum atomic E-state index is -0.303. The van der Waals surface area contributed by atoms with Crippen LogP contribution in [0.3, 0.4) is 0 Å². The monoisotopic (exact) mass is 372 g/mol. The van der Waals surface area contributed by atoms with Crippen molar-refractivity contribution >= 4 is 27.3 Å². The van der Waals surface area contributed by atoms with E-state index >= 15 is 0 Å². The first kappa shape index (κ1) is 18.4. The Morgan fingerprint density at radius 3 is 2.65 bits per heavy atom. The van der Waals surface area contributed by atoms with E-state index in [9.17, 15) is 9.18 Å². The summed E-state index contributed by atoms with van der Waals surface area (Å²) in [5.41, 5.74) is 0.977. The van der Waals surface area contributed by atoms with Crippen LogP contribution >= 0.6 is 11.3 Å². The molecule has 0 radical (unpaired) electrons. The van der Waals surface area contributed by atoms with Crippen LogP contribution in [0.15, 0.2) is 48.5 Å². The molecular weight excluding hydrogens is 351 g/mol. The number of amides is 1. The summed E-state index contributed by atoms with van der Waals surface area (Å²) >= 11 is 1.29. The maximum atomic E-state index is 13.7. The molecule has 1 N–H and O–H groups in total. The predicted octanol–water partition coefficient (Wildman–Crippen LogP) is 3.91. The van der Waals surface area contributed by atoms with E-state index in [2.05, 4.69) is 10.2 Å². The molecule has 0 atom stereocenters. The zero-order valence-electron chi connectivity index (χ0n) is 14.8. The lowest BCUT2D eigenvalue weighted by Gasteiger charge is -2.11. The normalized spacial score (nSPS) is 11.1. The molecule has 1 amide bonds. The average Bonchev–Trinajstić information content (AvgIpc) is 3.06. The standard InChI is InChI=1S/C20H21FN2O2S/c1-23(2)10-11-25-15-8-6-14(7-9-15)13-22-20(24)19-12-16-17(21)4-3-5-18(16)26-19/h3-9,12H,10-11,13H2,1-2H3,(H,22,24). The smallest absolute Gasteiger partial charge is 0.261 e. The summed E-state index contributed by atoms with van der Waals surface area (Å²) < 4.78 is 20.2. The Labute approximate surface area is 156 Å². The fourth-order valence-corrected chi connectivity index (χ4v) is 3.45. The highest BCUT2D eigenvalue weighted by Gasteiger charge is 2.12. The van der Waals surface area contributed by atoms with E-state index < -0.39 is 0 Å². The number of ether oxygens (including phenoxy) is 1. The Kier molecular flexibility index (Phi) is 5.85. The molecule has 0 fully saturated rings. The van der Waals surface area contributed by atoms with Crippen LogP contribution in [-0.2, 0) is 6.54 Å². The predicted molar refractivity (Wildman–Crippen MR) is 103 cm³/mol. The van der Waals surface area contributed by atoms with Crippen LogP contribution in [0.1, 0.15) is 15.2 Å². The number of nitrogens with one attached hydrogen (secondary N) is 1. The van der Waals surface area contributed by atoms with Crippen molar-refractivity contribution in [2.45, 2.75) is 6.54 Å². The Hall–Kier alpha value is -2.44. The van der Waals surface area contributed by atoms with Crippen molar-refractivity contribution in [1.29, 1.82) is 0 Å². The molecule has 0 aliphatic heterocycles. The molecule has 0 bridgehead atoms. The van der Waals surface area contributed by atoms with E-state index in [4.69, 9.17) is 4.74 Å². The topological polar surface area (TPSA) is 41.6 Å². The first-order valence-corrected chi connectivity index (χ1v) is 9.17. The first-order chi connectivity index (χ1) is 12.5. The largest absolute Gasteiger partial charge is 0.492 e. The van der Waals surface area contributed by atoms with Crippen LogP contribution < -0.4 is 10.1 Å². The molecule has 136 valence electrons. The van der Waals surface area contributed by atoms with E-state index in [1.165, 1.54) is 17.4 Å². The summed E-state index contributed by atoms with van der Waals surface area (Å²) in [6, 6.07) is 14.1. The van der Waals surface area contributed by atoms with Gasteiger partial charge in [0.15, 0.2) is 0 Å². The van der Waals surface area contributed by atoms with Gasteiger partial charge in [-0.15, -0.1) is 11.3 Å². The van der Waals surface area contributed by atoms with E-state index in [-0.39, 0.29) is 11.7 Å². The first-order valence-electron chi connectivity index (χ1n) is 8.35. The second-order valence-electron chi connectivity index (χ2n) is 6.24.